The summed E-state index contributed by atoms with van der Waals surface area (Å²) in [5.41, 5.74) is 0. The van der Waals surface area contributed by atoms with E-state index < -0.39 is 0 Å². The molecule has 90 valence electrons. The molecule has 1 aromatic heterocycles. The lowest BCUT2D eigenvalue weighted by Crippen LogP contribution is -2.34. The Morgan fingerprint density at radius 3 is 2.81 bits per heavy atom. The molecule has 0 aliphatic carbocycles. The van der Waals surface area contributed by atoms with E-state index in [1.54, 1.807) is 0 Å². The highest BCUT2D eigenvalue weighted by Gasteiger charge is 2.20. The quantitative estimate of drug-likeness (QED) is 0.779. The molecule has 1 aromatic rings. The van der Waals surface area contributed by atoms with Crippen molar-refractivity contribution >= 4 is 28.3 Å². The van der Waals surface area contributed by atoms with Gasteiger partial charge in [0.1, 0.15) is 5.82 Å². The van der Waals surface area contributed by atoms with Crippen LogP contribution in [0.2, 0.25) is 0 Å². The second-order valence-corrected chi connectivity index (χ2v) is 5.37. The van der Waals surface area contributed by atoms with Crippen LogP contribution in [0.3, 0.4) is 0 Å². The SMILES string of the molecule is CCCc1nsc(N2CCC(CCl)CC2)n1. The van der Waals surface area contributed by atoms with Crippen molar-refractivity contribution in [3.63, 3.8) is 0 Å². The van der Waals surface area contributed by atoms with Gasteiger partial charge in [0.2, 0.25) is 5.13 Å². The summed E-state index contributed by atoms with van der Waals surface area (Å²) in [4.78, 5) is 6.92. The van der Waals surface area contributed by atoms with Crippen molar-refractivity contribution in [2.24, 2.45) is 5.92 Å². The predicted octanol–water partition coefficient (Wildman–Crippen LogP) is 2.95. The Bertz CT molecular complexity index is 321. The molecule has 1 saturated heterocycles. The Balaban J connectivity index is 1.92. The third-order valence-electron chi connectivity index (χ3n) is 3.03. The summed E-state index contributed by atoms with van der Waals surface area (Å²) in [6.07, 6.45) is 4.48. The first kappa shape index (κ1) is 12.1. The first-order chi connectivity index (χ1) is 7.83. The van der Waals surface area contributed by atoms with Crippen molar-refractivity contribution < 1.29 is 0 Å². The Morgan fingerprint density at radius 1 is 1.44 bits per heavy atom. The minimum Gasteiger partial charge on any atom is -0.347 e. The number of anilines is 1. The Morgan fingerprint density at radius 2 is 2.19 bits per heavy atom. The van der Waals surface area contributed by atoms with Gasteiger partial charge in [0.15, 0.2) is 0 Å². The fraction of sp³-hybridized carbons (Fsp3) is 0.818. The fourth-order valence-corrected chi connectivity index (χ4v) is 3.05. The number of alkyl halides is 1. The van der Waals surface area contributed by atoms with E-state index >= 15 is 0 Å². The molecule has 5 heteroatoms. The standard InChI is InChI=1S/C11H18ClN3S/c1-2-3-10-13-11(16-14-10)15-6-4-9(8-12)5-7-15/h9H,2-8H2,1H3. The Labute approximate surface area is 106 Å². The minimum absolute atomic E-state index is 0.695. The van der Waals surface area contributed by atoms with Crippen LogP contribution in [0.1, 0.15) is 32.0 Å². The lowest BCUT2D eigenvalue weighted by molar-refractivity contribution is 0.442. The topological polar surface area (TPSA) is 29.0 Å². The summed E-state index contributed by atoms with van der Waals surface area (Å²) in [5, 5.41) is 1.09. The van der Waals surface area contributed by atoms with Gasteiger partial charge in [-0.15, -0.1) is 11.6 Å². The van der Waals surface area contributed by atoms with Crippen molar-refractivity contribution in [1.29, 1.82) is 0 Å². The smallest absolute Gasteiger partial charge is 0.205 e. The molecule has 1 aliphatic rings. The van der Waals surface area contributed by atoms with E-state index in [0.717, 1.165) is 42.8 Å². The van der Waals surface area contributed by atoms with E-state index in [0.29, 0.717) is 5.92 Å². The molecule has 0 radical (unpaired) electrons. The number of hydrogen-bond donors (Lipinski definition) is 0. The van der Waals surface area contributed by atoms with Gasteiger partial charge in [-0.2, -0.15) is 4.37 Å². The molecule has 0 spiro atoms. The van der Waals surface area contributed by atoms with Gasteiger partial charge in [-0.25, -0.2) is 4.98 Å². The summed E-state index contributed by atoms with van der Waals surface area (Å²) in [5.74, 6) is 2.49. The van der Waals surface area contributed by atoms with Crippen molar-refractivity contribution in [3.8, 4) is 0 Å². The number of aryl methyl sites for hydroxylation is 1. The molecule has 0 saturated carbocycles. The molecule has 0 N–H and O–H groups in total. The van der Waals surface area contributed by atoms with E-state index in [9.17, 15) is 0 Å². The van der Waals surface area contributed by atoms with Crippen LogP contribution in [0.4, 0.5) is 5.13 Å². The summed E-state index contributed by atoms with van der Waals surface area (Å²) in [6.45, 7) is 4.32. The van der Waals surface area contributed by atoms with Crippen LogP contribution in [0.5, 0.6) is 0 Å². The molecule has 0 aromatic carbocycles. The molecular weight excluding hydrogens is 242 g/mol. The number of rotatable bonds is 4. The zero-order valence-corrected chi connectivity index (χ0v) is 11.2. The van der Waals surface area contributed by atoms with E-state index in [-0.39, 0.29) is 0 Å². The van der Waals surface area contributed by atoms with Gasteiger partial charge < -0.3 is 4.90 Å². The van der Waals surface area contributed by atoms with E-state index in [1.165, 1.54) is 24.4 Å². The molecule has 0 amide bonds. The molecule has 1 aliphatic heterocycles. The number of nitrogens with zero attached hydrogens (tertiary/aromatic N) is 3. The van der Waals surface area contributed by atoms with Crippen LogP contribution in [-0.4, -0.2) is 28.3 Å². The maximum absolute atomic E-state index is 5.88. The molecule has 1 fully saturated rings. The molecule has 2 heterocycles. The largest absolute Gasteiger partial charge is 0.347 e. The molecule has 16 heavy (non-hydrogen) atoms. The van der Waals surface area contributed by atoms with Gasteiger partial charge in [0, 0.05) is 36.9 Å². The summed E-state index contributed by atoms with van der Waals surface area (Å²) in [7, 11) is 0. The summed E-state index contributed by atoms with van der Waals surface area (Å²) in [6, 6.07) is 0. The Hall–Kier alpha value is -0.350. The molecule has 3 nitrogen and oxygen atoms in total. The highest BCUT2D eigenvalue weighted by Crippen LogP contribution is 2.25. The monoisotopic (exact) mass is 259 g/mol. The minimum atomic E-state index is 0.695. The van der Waals surface area contributed by atoms with Crippen molar-refractivity contribution in [2.75, 3.05) is 23.9 Å². The van der Waals surface area contributed by atoms with Crippen LogP contribution in [0, 0.1) is 5.92 Å². The maximum Gasteiger partial charge on any atom is 0.205 e. The van der Waals surface area contributed by atoms with Crippen molar-refractivity contribution in [2.45, 2.75) is 32.6 Å². The number of halogens is 1. The number of piperidine rings is 1. The maximum atomic E-state index is 5.88. The van der Waals surface area contributed by atoms with Gasteiger partial charge in [-0.1, -0.05) is 6.92 Å². The summed E-state index contributed by atoms with van der Waals surface area (Å²) >= 11 is 7.41. The average Bonchev–Trinajstić information content (AvgIpc) is 2.78. The van der Waals surface area contributed by atoms with E-state index in [1.807, 2.05) is 0 Å². The summed E-state index contributed by atoms with van der Waals surface area (Å²) < 4.78 is 4.38. The highest BCUT2D eigenvalue weighted by atomic mass is 35.5. The molecular formula is C11H18ClN3S. The Kier molecular flexibility index (Phi) is 4.41. The lowest BCUT2D eigenvalue weighted by atomic mass is 9.99. The van der Waals surface area contributed by atoms with Crippen LogP contribution >= 0.6 is 23.1 Å². The molecule has 0 bridgehead atoms. The third-order valence-corrected chi connectivity index (χ3v) is 4.29. The zero-order chi connectivity index (χ0) is 11.4. The molecule has 2 rings (SSSR count). The zero-order valence-electron chi connectivity index (χ0n) is 9.65. The third kappa shape index (κ3) is 2.86. The van der Waals surface area contributed by atoms with Crippen LogP contribution in [-0.2, 0) is 6.42 Å². The highest BCUT2D eigenvalue weighted by molar-refractivity contribution is 7.09. The second-order valence-electron chi connectivity index (χ2n) is 4.33. The van der Waals surface area contributed by atoms with Gasteiger partial charge >= 0.3 is 0 Å². The van der Waals surface area contributed by atoms with Gasteiger partial charge in [-0.3, -0.25) is 0 Å². The van der Waals surface area contributed by atoms with Gasteiger partial charge in [0.05, 0.1) is 0 Å². The van der Waals surface area contributed by atoms with Gasteiger partial charge in [-0.05, 0) is 25.2 Å². The number of aromatic nitrogens is 2. The first-order valence-electron chi connectivity index (χ1n) is 5.97. The second kappa shape index (κ2) is 5.82. The van der Waals surface area contributed by atoms with Gasteiger partial charge in [0.25, 0.3) is 0 Å². The fourth-order valence-electron chi connectivity index (χ4n) is 1.98. The predicted molar refractivity (Wildman–Crippen MR) is 69.6 cm³/mol. The molecule has 0 atom stereocenters. The lowest BCUT2D eigenvalue weighted by Gasteiger charge is -2.30. The van der Waals surface area contributed by atoms with Crippen LogP contribution < -0.4 is 4.90 Å². The van der Waals surface area contributed by atoms with Crippen LogP contribution in [0.15, 0.2) is 0 Å². The van der Waals surface area contributed by atoms with Crippen molar-refractivity contribution in [1.82, 2.24) is 9.36 Å². The van der Waals surface area contributed by atoms with E-state index in [2.05, 4.69) is 21.2 Å². The van der Waals surface area contributed by atoms with Crippen molar-refractivity contribution in [3.05, 3.63) is 5.82 Å². The molecule has 0 unspecified atom stereocenters. The first-order valence-corrected chi connectivity index (χ1v) is 7.27. The van der Waals surface area contributed by atoms with Crippen LogP contribution in [0.25, 0.3) is 0 Å². The normalized spacial score (nSPS) is 18.0. The average molecular weight is 260 g/mol. The van der Waals surface area contributed by atoms with E-state index in [4.69, 9.17) is 11.6 Å². The number of hydrogen-bond acceptors (Lipinski definition) is 4.